The Morgan fingerprint density at radius 2 is 1.90 bits per heavy atom. The third-order valence-corrected chi connectivity index (χ3v) is 5.98. The molecule has 3 nitrogen and oxygen atoms in total. The van der Waals surface area contributed by atoms with Gasteiger partial charge in [0.2, 0.25) is 0 Å². The van der Waals surface area contributed by atoms with Crippen LogP contribution in [-0.4, -0.2) is 20.3 Å². The molecule has 0 radical (unpaired) electrons. The van der Waals surface area contributed by atoms with E-state index in [0.29, 0.717) is 16.9 Å². The first kappa shape index (κ1) is 14.6. The second-order valence-electron chi connectivity index (χ2n) is 7.56. The van der Waals surface area contributed by atoms with Gasteiger partial charge in [-0.05, 0) is 48.1 Å². The van der Waals surface area contributed by atoms with Crippen molar-refractivity contribution in [1.29, 1.82) is 0 Å². The van der Waals surface area contributed by atoms with E-state index < -0.39 is 0 Å². The van der Waals surface area contributed by atoms with E-state index in [4.69, 9.17) is 9.47 Å². The average Bonchev–Trinajstić information content (AvgIpc) is 2.94. The Kier molecular flexibility index (Phi) is 3.34. The van der Waals surface area contributed by atoms with Crippen LogP contribution in [-0.2, 0) is 0 Å². The van der Waals surface area contributed by atoms with E-state index in [9.17, 15) is 0 Å². The maximum Gasteiger partial charge on any atom is 0.145 e. The zero-order valence-electron chi connectivity index (χ0n) is 13.8. The smallest absolute Gasteiger partial charge is 0.145 e. The number of nitrogens with one attached hydrogen (secondary N) is 1. The first-order valence-corrected chi connectivity index (χ1v) is 7.89. The first-order valence-electron chi connectivity index (χ1n) is 7.89. The molecule has 2 aliphatic carbocycles. The van der Waals surface area contributed by atoms with E-state index in [1.807, 2.05) is 12.1 Å². The van der Waals surface area contributed by atoms with Gasteiger partial charge in [0.1, 0.15) is 11.5 Å². The van der Waals surface area contributed by atoms with Gasteiger partial charge in [-0.2, -0.15) is 0 Å². The number of hydrogen-bond donors (Lipinski definition) is 1. The lowest BCUT2D eigenvalue weighted by molar-refractivity contribution is 0.155. The van der Waals surface area contributed by atoms with Crippen LogP contribution in [0.4, 0.5) is 5.69 Å². The molecule has 116 valence electrons. The lowest BCUT2D eigenvalue weighted by atomic mass is 9.68. The van der Waals surface area contributed by atoms with Crippen LogP contribution in [0.2, 0.25) is 0 Å². The first-order chi connectivity index (χ1) is 9.90. The molecule has 3 atom stereocenters. The Morgan fingerprint density at radius 1 is 1.14 bits per heavy atom. The molecule has 1 N–H and O–H groups in total. The lowest BCUT2D eigenvalue weighted by Gasteiger charge is -2.43. The second kappa shape index (κ2) is 4.82. The molecule has 3 rings (SSSR count). The molecule has 21 heavy (non-hydrogen) atoms. The molecule has 3 heteroatoms. The summed E-state index contributed by atoms with van der Waals surface area (Å²) >= 11 is 0. The largest absolute Gasteiger partial charge is 0.497 e. The van der Waals surface area contributed by atoms with E-state index in [0.717, 1.165) is 23.1 Å². The van der Waals surface area contributed by atoms with Gasteiger partial charge in [0.05, 0.1) is 19.9 Å². The summed E-state index contributed by atoms with van der Waals surface area (Å²) < 4.78 is 10.8. The highest BCUT2D eigenvalue weighted by molar-refractivity contribution is 5.60. The highest BCUT2D eigenvalue weighted by atomic mass is 16.5. The summed E-state index contributed by atoms with van der Waals surface area (Å²) in [4.78, 5) is 0. The molecule has 2 bridgehead atoms. The number of hydrogen-bond acceptors (Lipinski definition) is 3. The van der Waals surface area contributed by atoms with Gasteiger partial charge in [0.15, 0.2) is 0 Å². The number of fused-ring (bicyclic) bond motifs is 2. The van der Waals surface area contributed by atoms with Crippen molar-refractivity contribution in [2.24, 2.45) is 16.7 Å². The number of ether oxygens (including phenoxy) is 2. The zero-order chi connectivity index (χ0) is 15.3. The monoisotopic (exact) mass is 289 g/mol. The minimum absolute atomic E-state index is 0.331. The Hall–Kier alpha value is -1.38. The zero-order valence-corrected chi connectivity index (χ0v) is 13.8. The van der Waals surface area contributed by atoms with E-state index in [2.05, 4.69) is 32.2 Å². The molecule has 0 aromatic heterocycles. The molecular formula is C18H27NO2. The third-order valence-electron chi connectivity index (χ3n) is 5.98. The Morgan fingerprint density at radius 3 is 2.48 bits per heavy atom. The van der Waals surface area contributed by atoms with Crippen molar-refractivity contribution >= 4 is 5.69 Å². The van der Waals surface area contributed by atoms with Crippen molar-refractivity contribution in [2.45, 2.75) is 46.1 Å². The molecule has 0 saturated heterocycles. The topological polar surface area (TPSA) is 30.5 Å². The Bertz CT molecular complexity index is 535. The van der Waals surface area contributed by atoms with Gasteiger partial charge in [-0.1, -0.05) is 20.8 Å². The SMILES string of the molecule is COc1ccc(NC2C(C)(C)[C@H]3CC[C@]2(C)C3)c(OC)c1. The van der Waals surface area contributed by atoms with Crippen LogP contribution < -0.4 is 14.8 Å². The highest BCUT2D eigenvalue weighted by Gasteiger charge is 2.59. The molecule has 1 unspecified atom stereocenters. The third kappa shape index (κ3) is 2.18. The van der Waals surface area contributed by atoms with E-state index >= 15 is 0 Å². The minimum Gasteiger partial charge on any atom is -0.497 e. The van der Waals surface area contributed by atoms with Crippen LogP contribution >= 0.6 is 0 Å². The minimum atomic E-state index is 0.331. The van der Waals surface area contributed by atoms with Crippen LogP contribution in [0, 0.1) is 16.7 Å². The standard InChI is InChI=1S/C18H27NO2/c1-17(2)12-8-9-18(3,11-12)16(17)19-14-7-6-13(20-4)10-15(14)21-5/h6-7,10,12,16,19H,8-9,11H2,1-5H3/t12-,16?,18+/m0/s1. The van der Waals surface area contributed by atoms with Crippen LogP contribution in [0.15, 0.2) is 18.2 Å². The van der Waals surface area contributed by atoms with Crippen molar-refractivity contribution < 1.29 is 9.47 Å². The maximum absolute atomic E-state index is 5.54. The molecule has 0 amide bonds. The van der Waals surface area contributed by atoms with Gasteiger partial charge in [0, 0.05) is 12.1 Å². The van der Waals surface area contributed by atoms with Crippen molar-refractivity contribution in [1.82, 2.24) is 0 Å². The molecule has 2 fully saturated rings. The summed E-state index contributed by atoms with van der Waals surface area (Å²) in [5.74, 6) is 2.52. The summed E-state index contributed by atoms with van der Waals surface area (Å²) in [5.41, 5.74) is 1.81. The summed E-state index contributed by atoms with van der Waals surface area (Å²) in [7, 11) is 3.40. The van der Waals surface area contributed by atoms with E-state index in [1.54, 1.807) is 14.2 Å². The van der Waals surface area contributed by atoms with Gasteiger partial charge in [-0.15, -0.1) is 0 Å². The fourth-order valence-corrected chi connectivity index (χ4v) is 4.74. The van der Waals surface area contributed by atoms with E-state index in [-0.39, 0.29) is 0 Å². The van der Waals surface area contributed by atoms with E-state index in [1.165, 1.54) is 19.3 Å². The van der Waals surface area contributed by atoms with Gasteiger partial charge >= 0.3 is 0 Å². The Balaban J connectivity index is 1.90. The Labute approximate surface area is 128 Å². The van der Waals surface area contributed by atoms with Crippen LogP contribution in [0.25, 0.3) is 0 Å². The summed E-state index contributed by atoms with van der Waals surface area (Å²) in [6.45, 7) is 7.26. The highest BCUT2D eigenvalue weighted by Crippen LogP contribution is 2.63. The van der Waals surface area contributed by atoms with Crippen molar-refractivity contribution in [3.8, 4) is 11.5 Å². The number of rotatable bonds is 4. The predicted octanol–water partition coefficient (Wildman–Crippen LogP) is 4.33. The molecule has 0 aliphatic heterocycles. The fraction of sp³-hybridized carbons (Fsp3) is 0.667. The predicted molar refractivity (Wildman–Crippen MR) is 86.2 cm³/mol. The molecule has 1 aromatic rings. The molecular weight excluding hydrogens is 262 g/mol. The lowest BCUT2D eigenvalue weighted by Crippen LogP contribution is -2.45. The quantitative estimate of drug-likeness (QED) is 0.895. The molecule has 2 aliphatic rings. The van der Waals surface area contributed by atoms with Crippen LogP contribution in [0.1, 0.15) is 40.0 Å². The molecule has 1 aromatic carbocycles. The van der Waals surface area contributed by atoms with Gasteiger partial charge in [0.25, 0.3) is 0 Å². The number of benzene rings is 1. The molecule has 0 spiro atoms. The van der Waals surface area contributed by atoms with Crippen LogP contribution in [0.3, 0.4) is 0 Å². The normalized spacial score (nSPS) is 33.0. The second-order valence-corrected chi connectivity index (χ2v) is 7.56. The van der Waals surface area contributed by atoms with Crippen molar-refractivity contribution in [2.75, 3.05) is 19.5 Å². The maximum atomic E-state index is 5.54. The summed E-state index contributed by atoms with van der Waals surface area (Å²) in [6, 6.07) is 6.51. The van der Waals surface area contributed by atoms with Gasteiger partial charge in [-0.3, -0.25) is 0 Å². The number of methoxy groups -OCH3 is 2. The molecule has 0 heterocycles. The van der Waals surface area contributed by atoms with Crippen molar-refractivity contribution in [3.63, 3.8) is 0 Å². The average molecular weight is 289 g/mol. The van der Waals surface area contributed by atoms with Crippen LogP contribution in [0.5, 0.6) is 11.5 Å². The fourth-order valence-electron chi connectivity index (χ4n) is 4.74. The summed E-state index contributed by atoms with van der Waals surface area (Å²) in [5, 5.41) is 3.79. The van der Waals surface area contributed by atoms with Gasteiger partial charge in [-0.25, -0.2) is 0 Å². The van der Waals surface area contributed by atoms with Crippen molar-refractivity contribution in [3.05, 3.63) is 18.2 Å². The molecule has 2 saturated carbocycles. The summed E-state index contributed by atoms with van der Waals surface area (Å²) in [6.07, 6.45) is 4.05. The van der Waals surface area contributed by atoms with Gasteiger partial charge < -0.3 is 14.8 Å². The number of anilines is 1.